The van der Waals surface area contributed by atoms with Crippen LogP contribution in [0.1, 0.15) is 29.5 Å². The van der Waals surface area contributed by atoms with Gasteiger partial charge in [0.1, 0.15) is 11.6 Å². The monoisotopic (exact) mass is 353 g/mol. The van der Waals surface area contributed by atoms with Crippen LogP contribution in [0.4, 0.5) is 8.78 Å². The number of hydrogen-bond donors (Lipinski definition) is 1. The summed E-state index contributed by atoms with van der Waals surface area (Å²) in [6.45, 7) is 1.80. The SMILES string of the molecule is Cn1nc(-c2ccc(F)cc2)cc1[C@@H]1CCNC[C@H]1c1ccc(F)cc1. The highest BCUT2D eigenvalue weighted by Gasteiger charge is 2.30. The molecule has 1 N–H and O–H groups in total. The summed E-state index contributed by atoms with van der Waals surface area (Å²) in [5.41, 5.74) is 4.03. The molecule has 1 aliphatic rings. The van der Waals surface area contributed by atoms with E-state index < -0.39 is 0 Å². The number of rotatable bonds is 3. The molecule has 1 aromatic heterocycles. The highest BCUT2D eigenvalue weighted by Crippen LogP contribution is 2.38. The molecule has 1 fully saturated rings. The topological polar surface area (TPSA) is 29.9 Å². The lowest BCUT2D eigenvalue weighted by atomic mass is 9.79. The third-order valence-electron chi connectivity index (χ3n) is 5.22. The van der Waals surface area contributed by atoms with Gasteiger partial charge in [-0.05, 0) is 61.0 Å². The lowest BCUT2D eigenvalue weighted by Crippen LogP contribution is -2.34. The molecule has 0 aliphatic carbocycles. The molecule has 2 heterocycles. The summed E-state index contributed by atoms with van der Waals surface area (Å²) in [4.78, 5) is 0. The lowest BCUT2D eigenvalue weighted by molar-refractivity contribution is 0.387. The Morgan fingerprint density at radius 1 is 0.962 bits per heavy atom. The molecule has 0 saturated carbocycles. The van der Waals surface area contributed by atoms with Gasteiger partial charge in [-0.2, -0.15) is 5.10 Å². The predicted octanol–water partition coefficient (Wildman–Crippen LogP) is 4.23. The average Bonchev–Trinajstić information content (AvgIpc) is 3.04. The summed E-state index contributed by atoms with van der Waals surface area (Å²) in [6, 6.07) is 15.3. The van der Waals surface area contributed by atoms with Gasteiger partial charge in [0.05, 0.1) is 5.69 Å². The third-order valence-corrected chi connectivity index (χ3v) is 5.22. The largest absolute Gasteiger partial charge is 0.316 e. The Morgan fingerprint density at radius 3 is 2.31 bits per heavy atom. The van der Waals surface area contributed by atoms with Crippen molar-refractivity contribution in [2.75, 3.05) is 13.1 Å². The van der Waals surface area contributed by atoms with Crippen LogP contribution in [0.3, 0.4) is 0 Å². The molecule has 0 radical (unpaired) electrons. The van der Waals surface area contributed by atoms with Gasteiger partial charge >= 0.3 is 0 Å². The van der Waals surface area contributed by atoms with Gasteiger partial charge in [0, 0.05) is 36.7 Å². The first-order valence-corrected chi connectivity index (χ1v) is 8.88. The minimum atomic E-state index is -0.250. The summed E-state index contributed by atoms with van der Waals surface area (Å²) < 4.78 is 28.4. The fourth-order valence-corrected chi connectivity index (χ4v) is 3.86. The normalized spacial score (nSPS) is 20.3. The van der Waals surface area contributed by atoms with Gasteiger partial charge in [-0.25, -0.2) is 8.78 Å². The molecule has 1 saturated heterocycles. The van der Waals surface area contributed by atoms with Gasteiger partial charge in [-0.1, -0.05) is 12.1 Å². The molecule has 5 heteroatoms. The molecule has 3 nitrogen and oxygen atoms in total. The second kappa shape index (κ2) is 7.00. The molecule has 3 aromatic rings. The summed E-state index contributed by atoms with van der Waals surface area (Å²) >= 11 is 0. The highest BCUT2D eigenvalue weighted by atomic mass is 19.1. The molecule has 0 unspecified atom stereocenters. The van der Waals surface area contributed by atoms with Crippen LogP contribution in [0.25, 0.3) is 11.3 Å². The Hall–Kier alpha value is -2.53. The van der Waals surface area contributed by atoms with Crippen LogP contribution >= 0.6 is 0 Å². The minimum Gasteiger partial charge on any atom is -0.316 e. The first-order valence-electron chi connectivity index (χ1n) is 8.88. The van der Waals surface area contributed by atoms with Crippen molar-refractivity contribution < 1.29 is 8.78 Å². The molecule has 26 heavy (non-hydrogen) atoms. The maximum absolute atomic E-state index is 13.3. The maximum Gasteiger partial charge on any atom is 0.123 e. The molecular weight excluding hydrogens is 332 g/mol. The number of halogens is 2. The predicted molar refractivity (Wildman–Crippen MR) is 98.0 cm³/mol. The standard InChI is InChI=1S/C21H21F2N3/c1-26-21(12-20(25-26)15-4-8-17(23)9-5-15)18-10-11-24-13-19(18)14-2-6-16(22)7-3-14/h2-9,12,18-19,24H,10-11,13H2,1H3/t18-,19+/m1/s1. The van der Waals surface area contributed by atoms with Crippen LogP contribution in [0.2, 0.25) is 0 Å². The second-order valence-electron chi connectivity index (χ2n) is 6.84. The molecule has 0 amide bonds. The van der Waals surface area contributed by atoms with Gasteiger partial charge in [0.15, 0.2) is 0 Å². The van der Waals surface area contributed by atoms with Gasteiger partial charge in [0.2, 0.25) is 0 Å². The Bertz CT molecular complexity index is 885. The molecular formula is C21H21F2N3. The van der Waals surface area contributed by atoms with Crippen LogP contribution in [-0.4, -0.2) is 22.9 Å². The molecule has 0 bridgehead atoms. The van der Waals surface area contributed by atoms with Crippen LogP contribution in [0.5, 0.6) is 0 Å². The third kappa shape index (κ3) is 3.27. The molecule has 134 valence electrons. The smallest absolute Gasteiger partial charge is 0.123 e. The second-order valence-corrected chi connectivity index (χ2v) is 6.84. The fourth-order valence-electron chi connectivity index (χ4n) is 3.86. The van der Waals surface area contributed by atoms with E-state index in [9.17, 15) is 8.78 Å². The van der Waals surface area contributed by atoms with E-state index in [1.165, 1.54) is 24.3 Å². The number of piperidine rings is 1. The van der Waals surface area contributed by atoms with Gasteiger partial charge in [0.25, 0.3) is 0 Å². The van der Waals surface area contributed by atoms with E-state index in [4.69, 9.17) is 0 Å². The number of aryl methyl sites for hydroxylation is 1. The Kier molecular flexibility index (Phi) is 4.55. The maximum atomic E-state index is 13.3. The summed E-state index contributed by atoms with van der Waals surface area (Å²) in [5, 5.41) is 8.09. The van der Waals surface area contributed by atoms with E-state index >= 15 is 0 Å². The van der Waals surface area contributed by atoms with E-state index in [2.05, 4.69) is 16.5 Å². The number of benzene rings is 2. The van der Waals surface area contributed by atoms with Crippen molar-refractivity contribution in [1.82, 2.24) is 15.1 Å². The van der Waals surface area contributed by atoms with Crippen molar-refractivity contribution in [3.8, 4) is 11.3 Å². The van der Waals surface area contributed by atoms with Gasteiger partial charge in [-0.15, -0.1) is 0 Å². The van der Waals surface area contributed by atoms with Crippen LogP contribution < -0.4 is 5.32 Å². The van der Waals surface area contributed by atoms with Crippen molar-refractivity contribution in [2.24, 2.45) is 7.05 Å². The van der Waals surface area contributed by atoms with E-state index in [0.717, 1.165) is 42.0 Å². The summed E-state index contributed by atoms with van der Waals surface area (Å²) in [6.07, 6.45) is 0.991. The molecule has 0 spiro atoms. The first kappa shape index (κ1) is 16.9. The minimum absolute atomic E-state index is 0.215. The van der Waals surface area contributed by atoms with Crippen LogP contribution in [-0.2, 0) is 7.05 Å². The van der Waals surface area contributed by atoms with Crippen molar-refractivity contribution in [1.29, 1.82) is 0 Å². The van der Waals surface area contributed by atoms with E-state index in [-0.39, 0.29) is 17.6 Å². The van der Waals surface area contributed by atoms with Gasteiger partial charge < -0.3 is 5.32 Å². The zero-order valence-corrected chi connectivity index (χ0v) is 14.6. The Balaban J connectivity index is 1.68. The first-order chi connectivity index (χ1) is 12.6. The van der Waals surface area contributed by atoms with Gasteiger partial charge in [-0.3, -0.25) is 4.68 Å². The highest BCUT2D eigenvalue weighted by molar-refractivity contribution is 5.59. The number of nitrogens with zero attached hydrogens (tertiary/aromatic N) is 2. The summed E-state index contributed by atoms with van der Waals surface area (Å²) in [7, 11) is 1.95. The van der Waals surface area contributed by atoms with Crippen molar-refractivity contribution in [2.45, 2.75) is 18.3 Å². The lowest BCUT2D eigenvalue weighted by Gasteiger charge is -2.32. The zero-order valence-electron chi connectivity index (χ0n) is 14.6. The van der Waals surface area contributed by atoms with Crippen molar-refractivity contribution >= 4 is 0 Å². The molecule has 2 aromatic carbocycles. The molecule has 1 aliphatic heterocycles. The molecule has 2 atom stereocenters. The van der Waals surface area contributed by atoms with Crippen LogP contribution in [0.15, 0.2) is 54.6 Å². The van der Waals surface area contributed by atoms with Crippen molar-refractivity contribution in [3.63, 3.8) is 0 Å². The Morgan fingerprint density at radius 2 is 1.62 bits per heavy atom. The van der Waals surface area contributed by atoms with E-state index in [1.807, 2.05) is 23.9 Å². The van der Waals surface area contributed by atoms with Crippen LogP contribution in [0, 0.1) is 11.6 Å². The zero-order chi connectivity index (χ0) is 18.1. The number of hydrogen-bond acceptors (Lipinski definition) is 2. The quantitative estimate of drug-likeness (QED) is 0.764. The van der Waals surface area contributed by atoms with E-state index in [0.29, 0.717) is 5.92 Å². The Labute approximate surface area is 151 Å². The number of aromatic nitrogens is 2. The number of nitrogens with one attached hydrogen (secondary N) is 1. The average molecular weight is 353 g/mol. The summed E-state index contributed by atoms with van der Waals surface area (Å²) in [5.74, 6) is 0.0991. The van der Waals surface area contributed by atoms with Crippen molar-refractivity contribution in [3.05, 3.63) is 77.5 Å². The van der Waals surface area contributed by atoms with E-state index in [1.54, 1.807) is 12.1 Å². The molecule has 4 rings (SSSR count). The fraction of sp³-hybridized carbons (Fsp3) is 0.286.